The highest BCUT2D eigenvalue weighted by Gasteiger charge is 2.15. The number of alkyl halides is 1. The molecule has 1 aliphatic heterocycles. The second-order valence-electron chi connectivity index (χ2n) is 6.14. The minimum absolute atomic E-state index is 0.348. The molecule has 0 spiro atoms. The Hall–Kier alpha value is -0.820. The summed E-state index contributed by atoms with van der Waals surface area (Å²) in [5, 5.41) is 15.6. The van der Waals surface area contributed by atoms with Crippen LogP contribution in [0.1, 0.15) is 61.7 Å². The molecule has 5 heteroatoms. The normalized spacial score (nSPS) is 17.6. The molecule has 1 heterocycles. The van der Waals surface area contributed by atoms with Crippen LogP contribution in [0.15, 0.2) is 24.3 Å². The lowest BCUT2D eigenvalue weighted by Crippen LogP contribution is -2.35. The summed E-state index contributed by atoms with van der Waals surface area (Å²) in [6.45, 7) is 1.99. The van der Waals surface area contributed by atoms with Gasteiger partial charge >= 0.3 is 5.97 Å². The average Bonchev–Trinajstić information content (AvgIpc) is 2.66. The van der Waals surface area contributed by atoms with Crippen LogP contribution in [0.25, 0.3) is 0 Å². The summed E-state index contributed by atoms with van der Waals surface area (Å²) in [7, 11) is 0. The Bertz CT molecular complexity index is 447. The number of carboxylic acid groups (broad SMARTS) is 1. The van der Waals surface area contributed by atoms with E-state index in [1.807, 2.05) is 17.1 Å². The van der Waals surface area contributed by atoms with Crippen molar-refractivity contribution in [2.24, 2.45) is 0 Å². The van der Waals surface area contributed by atoms with Crippen LogP contribution in [0.4, 0.5) is 5.69 Å². The minimum Gasteiger partial charge on any atom is -0.478 e. The van der Waals surface area contributed by atoms with E-state index in [2.05, 4.69) is 33.2 Å². The van der Waals surface area contributed by atoms with Crippen molar-refractivity contribution in [3.63, 3.8) is 0 Å². The Morgan fingerprint density at radius 1 is 1.04 bits per heavy atom. The summed E-state index contributed by atoms with van der Waals surface area (Å²) >= 11 is 2.15. The lowest BCUT2D eigenvalue weighted by Gasteiger charge is -2.25. The molecule has 4 nitrogen and oxygen atoms in total. The number of piperidine rings is 1. The summed E-state index contributed by atoms with van der Waals surface area (Å²) in [4.78, 5) is 13.0. The van der Waals surface area contributed by atoms with Crippen molar-refractivity contribution < 1.29 is 9.90 Å². The van der Waals surface area contributed by atoms with E-state index in [1.54, 1.807) is 12.1 Å². The maximum Gasteiger partial charge on any atom is 0.337 e. The summed E-state index contributed by atoms with van der Waals surface area (Å²) < 4.78 is 0. The fourth-order valence-electron chi connectivity index (χ4n) is 3.04. The van der Waals surface area contributed by atoms with Crippen LogP contribution in [0, 0.1) is 0 Å². The number of para-hydroxylation sites is 1. The Morgan fingerprint density at radius 3 is 2.04 bits per heavy atom. The van der Waals surface area contributed by atoms with E-state index >= 15 is 0 Å². The van der Waals surface area contributed by atoms with Gasteiger partial charge in [0.25, 0.3) is 0 Å². The highest BCUT2D eigenvalue weighted by molar-refractivity contribution is 14.1. The zero-order chi connectivity index (χ0) is 17.6. The number of nitrogens with one attached hydrogen (secondary N) is 2. The molecule has 136 valence electrons. The third kappa shape index (κ3) is 8.33. The molecule has 0 radical (unpaired) electrons. The van der Waals surface area contributed by atoms with Crippen molar-refractivity contribution >= 4 is 34.2 Å². The first-order valence-electron chi connectivity index (χ1n) is 8.95. The zero-order valence-electron chi connectivity index (χ0n) is 14.7. The Balaban J connectivity index is 0.000000300. The summed E-state index contributed by atoms with van der Waals surface area (Å²) in [5.41, 5.74) is 1.07. The molecule has 0 aromatic heterocycles. The van der Waals surface area contributed by atoms with Gasteiger partial charge in [0, 0.05) is 11.7 Å². The first-order valence-corrected chi connectivity index (χ1v) is 11.1. The van der Waals surface area contributed by atoms with Crippen molar-refractivity contribution in [3.8, 4) is 0 Å². The monoisotopic (exact) mass is 446 g/mol. The third-order valence-electron chi connectivity index (χ3n) is 4.36. The van der Waals surface area contributed by atoms with E-state index in [9.17, 15) is 4.79 Å². The first-order chi connectivity index (χ1) is 11.8. The van der Waals surface area contributed by atoms with E-state index in [1.165, 1.54) is 38.5 Å². The van der Waals surface area contributed by atoms with Gasteiger partial charge in [0.2, 0.25) is 0 Å². The number of hydrogen-bond donors (Lipinski definition) is 3. The van der Waals surface area contributed by atoms with Crippen molar-refractivity contribution in [1.29, 1.82) is 0 Å². The van der Waals surface area contributed by atoms with Crippen molar-refractivity contribution in [2.75, 3.05) is 23.3 Å². The number of benzene rings is 1. The van der Waals surface area contributed by atoms with Crippen LogP contribution in [0.5, 0.6) is 0 Å². The van der Waals surface area contributed by atoms with E-state index < -0.39 is 5.97 Å². The van der Waals surface area contributed by atoms with Gasteiger partial charge in [-0.25, -0.2) is 4.79 Å². The number of aromatic carboxylic acids is 1. The zero-order valence-corrected chi connectivity index (χ0v) is 16.8. The molecule has 1 aromatic rings. The van der Waals surface area contributed by atoms with Gasteiger partial charge in [-0.1, -0.05) is 73.2 Å². The Morgan fingerprint density at radius 2 is 1.54 bits per heavy atom. The highest BCUT2D eigenvalue weighted by Crippen LogP contribution is 2.18. The lowest BCUT2D eigenvalue weighted by molar-refractivity contribution is 0.0698. The van der Waals surface area contributed by atoms with Gasteiger partial charge in [-0.2, -0.15) is 0 Å². The fourth-order valence-corrected chi connectivity index (χ4v) is 3.04. The van der Waals surface area contributed by atoms with Gasteiger partial charge in [-0.3, -0.25) is 0 Å². The predicted molar refractivity (Wildman–Crippen MR) is 111 cm³/mol. The van der Waals surface area contributed by atoms with Gasteiger partial charge in [0.1, 0.15) is 0 Å². The molecule has 1 aliphatic carbocycles. The number of carboxylic acids is 1. The van der Waals surface area contributed by atoms with E-state index in [-0.39, 0.29) is 0 Å². The van der Waals surface area contributed by atoms with Gasteiger partial charge in [0.15, 0.2) is 0 Å². The molecule has 0 unspecified atom stereocenters. The number of anilines is 1. The quantitative estimate of drug-likeness (QED) is 0.455. The van der Waals surface area contributed by atoms with Crippen LogP contribution in [0.2, 0.25) is 0 Å². The van der Waals surface area contributed by atoms with Crippen molar-refractivity contribution in [2.45, 2.75) is 57.4 Å². The average molecular weight is 446 g/mol. The maximum absolute atomic E-state index is 11.0. The van der Waals surface area contributed by atoms with Crippen LogP contribution < -0.4 is 10.6 Å². The third-order valence-corrected chi connectivity index (χ3v) is 4.36. The predicted octanol–water partition coefficient (Wildman–Crippen LogP) is 4.94. The molecule has 2 aliphatic rings. The number of hydrogen-bond acceptors (Lipinski definition) is 3. The molecule has 3 N–H and O–H groups in total. The standard InChI is InChI=1S/C12H16N2O2.C6H12.CH3I/c15-12(16)10-3-1-2-4-11(10)14-9-5-7-13-8-6-9;1-2-4-6-5-3-1;1-2/h1-4,9,13-14H,5-8H2,(H,15,16);1-6H2;1H3. The minimum atomic E-state index is -0.878. The molecule has 1 aromatic carbocycles. The lowest BCUT2D eigenvalue weighted by atomic mass is 10.0. The molecular weight excluding hydrogens is 415 g/mol. The number of halogens is 1. The van der Waals surface area contributed by atoms with Crippen LogP contribution in [-0.4, -0.2) is 35.1 Å². The van der Waals surface area contributed by atoms with Crippen molar-refractivity contribution in [1.82, 2.24) is 5.32 Å². The SMILES string of the molecule is C1CCCCC1.CI.O=C(O)c1ccccc1NC1CCNCC1. The smallest absolute Gasteiger partial charge is 0.337 e. The molecule has 1 saturated carbocycles. The first kappa shape index (κ1) is 21.2. The topological polar surface area (TPSA) is 61.4 Å². The molecule has 2 fully saturated rings. The van der Waals surface area contributed by atoms with Crippen LogP contribution >= 0.6 is 22.6 Å². The number of carbonyl (C=O) groups is 1. The molecule has 0 atom stereocenters. The molecule has 0 amide bonds. The summed E-state index contributed by atoms with van der Waals surface area (Å²) in [6, 6.07) is 7.44. The van der Waals surface area contributed by atoms with Gasteiger partial charge in [-0.05, 0) is 43.0 Å². The maximum atomic E-state index is 11.0. The molecule has 24 heavy (non-hydrogen) atoms. The van der Waals surface area contributed by atoms with Gasteiger partial charge < -0.3 is 15.7 Å². The second-order valence-corrected chi connectivity index (χ2v) is 6.14. The van der Waals surface area contributed by atoms with Crippen molar-refractivity contribution in [3.05, 3.63) is 29.8 Å². The Labute approximate surface area is 159 Å². The molecule has 0 bridgehead atoms. The largest absolute Gasteiger partial charge is 0.478 e. The molecule has 3 rings (SSSR count). The number of rotatable bonds is 3. The van der Waals surface area contributed by atoms with E-state index in [4.69, 9.17) is 5.11 Å². The summed E-state index contributed by atoms with van der Waals surface area (Å²) in [6.07, 6.45) is 11.1. The van der Waals surface area contributed by atoms with E-state index in [0.29, 0.717) is 11.6 Å². The highest BCUT2D eigenvalue weighted by atomic mass is 127. The van der Waals surface area contributed by atoms with Crippen LogP contribution in [-0.2, 0) is 0 Å². The molecular formula is C19H31IN2O2. The summed E-state index contributed by atoms with van der Waals surface area (Å²) in [5.74, 6) is -0.878. The van der Waals surface area contributed by atoms with Gasteiger partial charge in [0.05, 0.1) is 5.56 Å². The molecule has 1 saturated heterocycles. The van der Waals surface area contributed by atoms with Crippen LogP contribution in [0.3, 0.4) is 0 Å². The second kappa shape index (κ2) is 13.5. The van der Waals surface area contributed by atoms with Gasteiger partial charge in [-0.15, -0.1) is 0 Å². The van der Waals surface area contributed by atoms with E-state index in [0.717, 1.165) is 31.6 Å². The Kier molecular flexibility index (Phi) is 11.9. The fraction of sp³-hybridized carbons (Fsp3) is 0.632.